The number of hydrogen-bond acceptors (Lipinski definition) is 10. The molecule has 11 nitrogen and oxygen atoms in total. The van der Waals surface area contributed by atoms with Gasteiger partial charge in [-0.1, -0.05) is 45.1 Å². The maximum atomic E-state index is 13.6. The molecule has 10 unspecified atom stereocenters. The molecule has 0 aromatic rings. The third-order valence-corrected chi connectivity index (χ3v) is 10.9. The molecule has 0 saturated carbocycles. The van der Waals surface area contributed by atoms with Crippen molar-refractivity contribution in [3.8, 4) is 0 Å². The van der Waals surface area contributed by atoms with Crippen molar-refractivity contribution >= 4 is 12.1 Å². The molecule has 11 atom stereocenters. The molecule has 49 heavy (non-hydrogen) atoms. The number of amides is 1. The van der Waals surface area contributed by atoms with Gasteiger partial charge in [-0.3, -0.25) is 4.79 Å². The van der Waals surface area contributed by atoms with Crippen LogP contribution in [-0.4, -0.2) is 122 Å². The van der Waals surface area contributed by atoms with Gasteiger partial charge in [0.25, 0.3) is 0 Å². The fraction of sp³-hybridized carbons (Fsp3) is 0.789. The van der Waals surface area contributed by atoms with E-state index in [1.165, 1.54) is 12.8 Å². The fourth-order valence-corrected chi connectivity index (χ4v) is 7.51. The number of carbonyl (C=O) groups is 2. The lowest BCUT2D eigenvalue weighted by Crippen LogP contribution is -2.48. The fourth-order valence-electron chi connectivity index (χ4n) is 7.51. The van der Waals surface area contributed by atoms with Crippen LogP contribution in [-0.2, 0) is 19.0 Å². The molecule has 4 aliphatic heterocycles. The van der Waals surface area contributed by atoms with Crippen LogP contribution in [0.25, 0.3) is 0 Å². The van der Waals surface area contributed by atoms with Crippen LogP contribution in [0.3, 0.4) is 0 Å². The number of epoxide rings is 1. The maximum absolute atomic E-state index is 13.6. The Labute approximate surface area is 293 Å². The molecule has 278 valence electrons. The van der Waals surface area contributed by atoms with Crippen LogP contribution in [0, 0.1) is 11.8 Å². The third-order valence-electron chi connectivity index (χ3n) is 10.9. The van der Waals surface area contributed by atoms with Gasteiger partial charge >= 0.3 is 12.1 Å². The van der Waals surface area contributed by atoms with Crippen molar-refractivity contribution in [2.45, 2.75) is 153 Å². The second-order valence-corrected chi connectivity index (χ2v) is 15.5. The molecule has 3 fully saturated rings. The molecule has 1 amide bonds. The SMILES string of the molecule is CCC(O)C(C)C1OC1CC(C)(O)/C=C/C=C(\C)C1OC(=O)C[C@H](O)CCC(C)(O)C(OC(=O)N2CCCC2CN2CCCC2)/C=C/C1C. The summed E-state index contributed by atoms with van der Waals surface area (Å²) in [4.78, 5) is 30.6. The Morgan fingerprint density at radius 3 is 2.61 bits per heavy atom. The van der Waals surface area contributed by atoms with Crippen molar-refractivity contribution in [3.63, 3.8) is 0 Å². The first-order valence-electron chi connectivity index (χ1n) is 18.5. The normalized spacial score (nSPS) is 36.8. The first-order valence-corrected chi connectivity index (χ1v) is 18.5. The topological polar surface area (TPSA) is 153 Å². The Kier molecular flexibility index (Phi) is 13.9. The number of ether oxygens (including phenoxy) is 3. The summed E-state index contributed by atoms with van der Waals surface area (Å²) in [7, 11) is 0. The molecular formula is C38H62N2O9. The number of esters is 1. The zero-order chi connectivity index (χ0) is 35.9. The predicted molar refractivity (Wildman–Crippen MR) is 187 cm³/mol. The van der Waals surface area contributed by atoms with Crippen molar-refractivity contribution in [3.05, 3.63) is 36.0 Å². The van der Waals surface area contributed by atoms with Gasteiger partial charge in [0.2, 0.25) is 0 Å². The number of cyclic esters (lactones) is 1. The molecular weight excluding hydrogens is 628 g/mol. The number of nitrogens with zero attached hydrogens (tertiary/aromatic N) is 2. The van der Waals surface area contributed by atoms with E-state index in [2.05, 4.69) is 4.90 Å². The molecule has 0 aliphatic carbocycles. The number of aliphatic hydroxyl groups excluding tert-OH is 2. The van der Waals surface area contributed by atoms with E-state index in [1.807, 2.05) is 33.8 Å². The van der Waals surface area contributed by atoms with Crippen LogP contribution in [0.1, 0.15) is 99.3 Å². The smallest absolute Gasteiger partial charge is 0.410 e. The zero-order valence-corrected chi connectivity index (χ0v) is 30.5. The average molecular weight is 691 g/mol. The number of allylic oxidation sites excluding steroid dienone is 2. The van der Waals surface area contributed by atoms with E-state index in [1.54, 1.807) is 43.1 Å². The number of likely N-dealkylation sites (tertiary alicyclic amines) is 2. The second-order valence-electron chi connectivity index (χ2n) is 15.5. The summed E-state index contributed by atoms with van der Waals surface area (Å²) in [5, 5.41) is 43.4. The van der Waals surface area contributed by atoms with Gasteiger partial charge in [-0.2, -0.15) is 0 Å². The molecule has 0 bridgehead atoms. The molecule has 11 heteroatoms. The summed E-state index contributed by atoms with van der Waals surface area (Å²) >= 11 is 0. The average Bonchev–Trinajstić information content (AvgIpc) is 3.37. The van der Waals surface area contributed by atoms with Crippen molar-refractivity contribution in [2.75, 3.05) is 26.2 Å². The largest absolute Gasteiger partial charge is 0.457 e. The Bertz CT molecular complexity index is 1190. The molecule has 3 saturated heterocycles. The Morgan fingerprint density at radius 1 is 1.20 bits per heavy atom. The highest BCUT2D eigenvalue weighted by atomic mass is 16.6. The summed E-state index contributed by atoms with van der Waals surface area (Å²) in [6.45, 7) is 14.5. The van der Waals surface area contributed by atoms with Crippen molar-refractivity contribution in [1.29, 1.82) is 0 Å². The maximum Gasteiger partial charge on any atom is 0.410 e. The Morgan fingerprint density at radius 2 is 1.92 bits per heavy atom. The summed E-state index contributed by atoms with van der Waals surface area (Å²) in [5.74, 6) is -0.933. The van der Waals surface area contributed by atoms with Gasteiger partial charge in [0.05, 0.1) is 36.4 Å². The van der Waals surface area contributed by atoms with Gasteiger partial charge in [-0.15, -0.1) is 0 Å². The summed E-state index contributed by atoms with van der Waals surface area (Å²) in [5.41, 5.74) is -1.92. The molecule has 4 N–H and O–H groups in total. The molecule has 0 spiro atoms. The number of hydrogen-bond donors (Lipinski definition) is 4. The van der Waals surface area contributed by atoms with Gasteiger partial charge in [-0.25, -0.2) is 4.79 Å². The minimum absolute atomic E-state index is 0.00973. The monoisotopic (exact) mass is 690 g/mol. The number of carbonyl (C=O) groups excluding carboxylic acids is 2. The summed E-state index contributed by atoms with van der Waals surface area (Å²) in [6, 6.07) is 0.0766. The molecule has 0 aromatic carbocycles. The van der Waals surface area contributed by atoms with Crippen LogP contribution in [0.5, 0.6) is 0 Å². The lowest BCUT2D eigenvalue weighted by molar-refractivity contribution is -0.151. The highest BCUT2D eigenvalue weighted by Crippen LogP contribution is 2.37. The summed E-state index contributed by atoms with van der Waals surface area (Å²) in [6.07, 6.45) is 10.1. The van der Waals surface area contributed by atoms with Gasteiger partial charge in [0.15, 0.2) is 6.10 Å². The standard InChI is InChI=1S/C38H62N2O9/c1-7-30(42)27(4)35-31(47-35)23-37(5,45)17-10-12-25(2)34-26(3)14-15-32(38(6,46)18-16-29(41)22-33(43)49-34)48-36(44)40-21-11-13-28(40)24-39-19-8-9-20-39/h10,12,14-15,17,26-32,34-35,41-42,45-46H,7-9,11,13,16,18-24H2,1-6H3/b15-14+,17-10+,25-12+/t26?,27?,28?,29-,30?,31?,32?,34?,35?,37?,38?/m1/s1. The van der Waals surface area contributed by atoms with E-state index in [0.29, 0.717) is 25.0 Å². The van der Waals surface area contributed by atoms with Crippen LogP contribution in [0.15, 0.2) is 36.0 Å². The second kappa shape index (κ2) is 17.3. The van der Waals surface area contributed by atoms with Crippen LogP contribution in [0.4, 0.5) is 4.79 Å². The predicted octanol–water partition coefficient (Wildman–Crippen LogP) is 4.27. The van der Waals surface area contributed by atoms with E-state index in [0.717, 1.165) is 32.5 Å². The van der Waals surface area contributed by atoms with Crippen LogP contribution >= 0.6 is 0 Å². The molecule has 4 heterocycles. The number of aliphatic hydroxyl groups is 4. The zero-order valence-electron chi connectivity index (χ0n) is 30.5. The number of rotatable bonds is 11. The Hall–Kier alpha value is -2.28. The van der Waals surface area contributed by atoms with Gasteiger partial charge in [0.1, 0.15) is 11.7 Å². The van der Waals surface area contributed by atoms with Gasteiger partial charge in [-0.05, 0) is 90.5 Å². The quantitative estimate of drug-likeness (QED) is 0.107. The molecule has 4 aliphatic rings. The first kappa shape index (κ1) is 39.5. The van der Waals surface area contributed by atoms with E-state index in [4.69, 9.17) is 14.2 Å². The molecule has 0 radical (unpaired) electrons. The first-order chi connectivity index (χ1) is 23.1. The Balaban J connectivity index is 1.46. The van der Waals surface area contributed by atoms with E-state index < -0.39 is 47.7 Å². The van der Waals surface area contributed by atoms with Crippen molar-refractivity contribution in [2.24, 2.45) is 11.8 Å². The molecule has 4 rings (SSSR count). The van der Waals surface area contributed by atoms with Gasteiger partial charge < -0.3 is 44.4 Å². The van der Waals surface area contributed by atoms with Crippen molar-refractivity contribution < 1.29 is 44.2 Å². The third kappa shape index (κ3) is 11.4. The lowest BCUT2D eigenvalue weighted by Gasteiger charge is -2.35. The highest BCUT2D eigenvalue weighted by molar-refractivity contribution is 5.70. The van der Waals surface area contributed by atoms with Crippen LogP contribution in [0.2, 0.25) is 0 Å². The lowest BCUT2D eigenvalue weighted by atomic mass is 9.88. The van der Waals surface area contributed by atoms with E-state index in [-0.39, 0.29) is 49.3 Å². The minimum atomic E-state index is -1.48. The van der Waals surface area contributed by atoms with Crippen LogP contribution < -0.4 is 0 Å². The van der Waals surface area contributed by atoms with E-state index in [9.17, 15) is 30.0 Å². The van der Waals surface area contributed by atoms with Crippen molar-refractivity contribution in [1.82, 2.24) is 9.80 Å². The molecule has 0 aromatic heterocycles. The van der Waals surface area contributed by atoms with Gasteiger partial charge in [0, 0.05) is 37.4 Å². The van der Waals surface area contributed by atoms with E-state index >= 15 is 0 Å². The highest BCUT2D eigenvalue weighted by Gasteiger charge is 2.47. The summed E-state index contributed by atoms with van der Waals surface area (Å²) < 4.78 is 17.7. The minimum Gasteiger partial charge on any atom is -0.457 e.